The minimum atomic E-state index is -4.29. The number of ether oxygens (including phenoxy) is 2. The Morgan fingerprint density at radius 3 is 1.29 bits per heavy atom. The van der Waals surface area contributed by atoms with Gasteiger partial charge in [-0.2, -0.15) is 71.3 Å². The number of likely N-dealkylation sites (tertiary alicyclic amines) is 7. The number of aryl methyl sites for hydroxylation is 2. The van der Waals surface area contributed by atoms with Gasteiger partial charge in [-0.05, 0) is 192 Å². The van der Waals surface area contributed by atoms with Crippen molar-refractivity contribution >= 4 is 189 Å². The lowest BCUT2D eigenvalue weighted by Gasteiger charge is -2.30. The van der Waals surface area contributed by atoms with Gasteiger partial charge < -0.3 is 56.9 Å². The second-order valence-corrected chi connectivity index (χ2v) is 44.6. The minimum Gasteiger partial charge on any atom is -0.480 e. The number of benzene rings is 2. The van der Waals surface area contributed by atoms with Crippen molar-refractivity contribution in [2.75, 3.05) is 90.4 Å². The Morgan fingerprint density at radius 2 is 0.912 bits per heavy atom. The van der Waals surface area contributed by atoms with E-state index in [1.807, 2.05) is 12.1 Å². The summed E-state index contributed by atoms with van der Waals surface area (Å²) in [6, 6.07) is 8.13. The SMILES string of the molecule is C.CC(=O)C(=N)c1cc(-c2cnc(C)nc2)ccc1NCC(=O)O.CC(=O)c1nn(CC(=O)N2[C@@H]3C[C@@H]3C[C@H]2C(=O)NC2CCN(CC(F)(F)F)C2)c2ccc(-c3cnc(C)nc3)cc12.CC(C)(C)OC(=O)N1[C@@H]2C[C@@H]2C[C@H]1C(=O)NC1CCN(CC(F)(F)F)C1.CC(C)(C)OC(=O)N1[C@@H]2C[C@@H]2C[C@H]1C(=O)O.NC1CCN(CC(F)(F)F)C1.O=C(NC1CCN(CC(F)(F)F)C1)[C@@H]1C[C@H]2C[C@H]2N1.S.S=S.S=S=S.S=S=S=S. The van der Waals surface area contributed by atoms with E-state index in [2.05, 4.69) is 119 Å². The number of rotatable bonds is 21. The van der Waals surface area contributed by atoms with Crippen LogP contribution in [-0.2, 0) is 143 Å². The third-order valence-corrected chi connectivity index (χ3v) is 27.6. The molecule has 5 aromatic rings. The first kappa shape index (κ1) is 125. The highest BCUT2D eigenvalue weighted by atomic mass is 33.2. The van der Waals surface area contributed by atoms with Gasteiger partial charge in [0.25, 0.3) is 0 Å². The van der Waals surface area contributed by atoms with Crippen molar-refractivity contribution in [2.24, 2.45) is 29.4 Å². The summed E-state index contributed by atoms with van der Waals surface area (Å²) in [5.74, 6) is -0.697. The summed E-state index contributed by atoms with van der Waals surface area (Å²) >= 11 is 24.2. The van der Waals surface area contributed by atoms with Gasteiger partial charge in [0, 0.05) is 261 Å². The molecule has 17 rings (SSSR count). The number of nitrogens with one attached hydrogen (secondary N) is 6. The van der Waals surface area contributed by atoms with Crippen LogP contribution in [0.3, 0.4) is 0 Å². The quantitative estimate of drug-likeness (QED) is 0.0187. The molecule has 2 aromatic carbocycles. The van der Waals surface area contributed by atoms with Gasteiger partial charge in [-0.3, -0.25) is 73.1 Å². The number of carbonyl (C=O) groups excluding carboxylic acids is 8. The summed E-state index contributed by atoms with van der Waals surface area (Å²) in [6.45, 7) is 15.2. The number of halogens is 12. The summed E-state index contributed by atoms with van der Waals surface area (Å²) in [5, 5.41) is 45.3. The predicted molar refractivity (Wildman–Crippen MR) is 552 cm³/mol. The molecule has 11 heterocycles. The number of nitrogens with two attached hydrogens (primary N) is 1. The second-order valence-electron chi connectivity index (χ2n) is 39.3. The van der Waals surface area contributed by atoms with Crippen molar-refractivity contribution in [3.8, 4) is 22.3 Å². The van der Waals surface area contributed by atoms with Crippen LogP contribution >= 0.6 is 13.5 Å². The first-order valence-electron chi connectivity index (χ1n) is 46.4. The molecule has 16 atom stereocenters. The van der Waals surface area contributed by atoms with Gasteiger partial charge in [0.2, 0.25) is 23.6 Å². The topological polar surface area (TPSA) is 432 Å². The molecule has 10 N–H and O–H groups in total. The van der Waals surface area contributed by atoms with E-state index in [0.717, 1.165) is 63.2 Å². The van der Waals surface area contributed by atoms with Crippen molar-refractivity contribution in [1.29, 1.82) is 5.41 Å². The number of carboxylic acids is 2. The fraction of sp³-hybridized carbons (Fsp3) is 0.648. The van der Waals surface area contributed by atoms with Gasteiger partial charge in [-0.15, -0.1) is 0 Å². The van der Waals surface area contributed by atoms with Crippen molar-refractivity contribution in [2.45, 2.75) is 269 Å². The number of Topliss-reactive ketones (excluding diaryl/α,β-unsaturated/α-hetero) is 2. The molecule has 816 valence electrons. The van der Waals surface area contributed by atoms with Crippen LogP contribution in [0.5, 0.6) is 0 Å². The molecular weight excluding hydrogens is 2150 g/mol. The van der Waals surface area contributed by atoms with Crippen molar-refractivity contribution in [1.82, 2.24) is 85.3 Å². The fourth-order valence-electron chi connectivity index (χ4n) is 18.8. The number of aromatic nitrogens is 6. The fourth-order valence-corrected chi connectivity index (χ4v) is 18.8. The zero-order chi connectivity index (χ0) is 108. The Morgan fingerprint density at radius 1 is 0.524 bits per heavy atom. The van der Waals surface area contributed by atoms with Crippen LogP contribution < -0.4 is 32.3 Å². The lowest BCUT2D eigenvalue weighted by atomic mass is 9.99. The molecule has 0 spiro atoms. The Hall–Kier alpha value is -8.51. The molecule has 147 heavy (non-hydrogen) atoms. The van der Waals surface area contributed by atoms with Gasteiger partial charge in [-0.25, -0.2) is 34.3 Å². The first-order valence-corrected chi connectivity index (χ1v) is 54.4. The lowest BCUT2D eigenvalue weighted by Crippen LogP contribution is -2.52. The molecule has 8 saturated heterocycles. The molecule has 0 bridgehead atoms. The van der Waals surface area contributed by atoms with Crippen LogP contribution in [0, 0.1) is 42.9 Å². The second kappa shape index (κ2) is 54.7. The highest BCUT2D eigenvalue weighted by Gasteiger charge is 2.60. The van der Waals surface area contributed by atoms with Crippen LogP contribution in [0.1, 0.15) is 168 Å². The number of hydrogen-bond donors (Lipinski definition) is 9. The largest absolute Gasteiger partial charge is 0.480 e. The summed E-state index contributed by atoms with van der Waals surface area (Å²) in [4.78, 5) is 148. The maximum atomic E-state index is 13.6. The van der Waals surface area contributed by atoms with Crippen LogP contribution in [0.4, 0.5) is 68.0 Å². The number of hydrogen-bond acceptors (Lipinski definition) is 31. The third-order valence-electron chi connectivity index (χ3n) is 25.4. The lowest BCUT2D eigenvalue weighted by molar-refractivity contribution is -0.144. The molecule has 8 aliphatic heterocycles. The molecular formula is C91H124F12N20O14S10. The van der Waals surface area contributed by atoms with Crippen LogP contribution in [0.25, 0.3) is 33.2 Å². The average molecular weight is 2270 g/mol. The van der Waals surface area contributed by atoms with E-state index in [9.17, 15) is 101 Å². The highest BCUT2D eigenvalue weighted by molar-refractivity contribution is 8.51. The zero-order valence-corrected chi connectivity index (χ0v) is 89.6. The van der Waals surface area contributed by atoms with Gasteiger partial charge in [-0.1, -0.05) is 19.6 Å². The average Bonchev–Trinajstić information content (AvgIpc) is 1.67. The number of alkyl halides is 12. The minimum absolute atomic E-state index is 0. The number of carboxylic acid groups (broad SMARTS) is 2. The summed E-state index contributed by atoms with van der Waals surface area (Å²) in [5.41, 5.74) is 8.73. The molecule has 4 unspecified atom stereocenters. The number of amides is 6. The smallest absolute Gasteiger partial charge is 0.411 e. The van der Waals surface area contributed by atoms with E-state index in [4.69, 9.17) is 30.8 Å². The number of carbonyl (C=O) groups is 10. The molecule has 3 aromatic heterocycles. The maximum absolute atomic E-state index is 13.6. The molecule has 6 amide bonds. The molecule has 56 heteroatoms. The van der Waals surface area contributed by atoms with Crippen LogP contribution in [0.15, 0.2) is 61.2 Å². The number of ketones is 2. The molecule has 0 radical (unpaired) electrons. The predicted octanol–water partition coefficient (Wildman–Crippen LogP) is 10.1. The standard InChI is InChI=1S/C28H30F3N7O3.C17H26F3N3O3.C16H16N4O3.C12H18F3N3O.C11H17NO4.C6H11F3N2.CH4.S4.S3.S2.H2S/c1-15(39)26-21-7-17(19-10-32-16(2)33-11-19)3-4-22(21)37(35-26)13-25(40)38-23-8-18(23)9-24(38)27(41)34-20-5-6-36(12-20)14-28(29,30)31;1-16(2,3)26-15(25)23-12-6-10(12)7-13(23)14(24)21-11-4-5-22(8-11)9-17(18,19)20;1-9(21)16(17)13-5-11(12-6-18-10(2)19-7-12)3-4-14(13)20-8-15(22)23;13-12(14,15)6-18-2-1-8(5-18)16-11(19)10-4-7-3-9(7)17-10;1-11(2,3)16-10(15)12-7-4-6(7)5-8(12)9(13)14;7-6(8,9)4-11-2-1-5(10)3-11;;1-3-4-2;1-3-2;1-2;/h3-4,7,10-11,18,20,23-24H,5-6,8-9,12-14H2,1-2H3,(H,34,41);10-13H,4-9H2,1-3H3,(H,21,24);3-7,17,20H,8H2,1-2H3,(H,22,23);7-10,17H,1-6H2,(H,16,19);6-8H,4-5H2,1-3H3,(H,13,14);5H,1-4,10H2;1H4;;;;1H2/t18-,20?,23-,24+;10-,11?,12-,13+;;7-,8?,9-,10+;6-,7-,8+;;;;;;/m11.11....../s1. The summed E-state index contributed by atoms with van der Waals surface area (Å²) in [7, 11) is 3.26. The third kappa shape index (κ3) is 39.3. The molecule has 4 saturated carbocycles. The maximum Gasteiger partial charge on any atom is 0.411 e. The van der Waals surface area contributed by atoms with E-state index in [-0.39, 0.29) is 149 Å². The van der Waals surface area contributed by atoms with Crippen molar-refractivity contribution in [3.05, 3.63) is 84.1 Å². The van der Waals surface area contributed by atoms with Gasteiger partial charge in [0.1, 0.15) is 65.5 Å². The molecule has 4 aliphatic carbocycles. The van der Waals surface area contributed by atoms with Gasteiger partial charge in [0.05, 0.1) is 37.7 Å². The van der Waals surface area contributed by atoms with E-state index in [1.54, 1.807) is 109 Å². The molecule has 12 fully saturated rings. The number of piperidine rings is 4. The molecule has 12 aliphatic rings. The zero-order valence-electron chi connectivity index (χ0n) is 81.3. The molecule has 34 nitrogen and oxygen atoms in total. The Balaban J connectivity index is 0.000000244. The van der Waals surface area contributed by atoms with Gasteiger partial charge >= 0.3 is 48.8 Å². The first-order chi connectivity index (χ1) is 67.8. The summed E-state index contributed by atoms with van der Waals surface area (Å²) in [6.07, 6.45) is -2.51. The summed E-state index contributed by atoms with van der Waals surface area (Å²) < 4.78 is 160. The van der Waals surface area contributed by atoms with E-state index < -0.39 is 110 Å². The normalized spacial score (nSPS) is 24.7. The van der Waals surface area contributed by atoms with Gasteiger partial charge in [0.15, 0.2) is 11.6 Å². The van der Waals surface area contributed by atoms with Crippen molar-refractivity contribution < 1.29 is 120 Å². The van der Waals surface area contributed by atoms with Crippen molar-refractivity contribution in [3.63, 3.8) is 0 Å². The Kier molecular flexibility index (Phi) is 46.6. The number of anilines is 1. The number of fused-ring (bicyclic) bond motifs is 5. The Bertz CT molecular complexity index is 5550. The van der Waals surface area contributed by atoms with Crippen LogP contribution in [-0.4, -0.2) is 333 Å². The van der Waals surface area contributed by atoms with E-state index >= 15 is 0 Å². The Labute approximate surface area is 888 Å². The monoisotopic (exact) mass is 2270 g/mol. The number of nitrogens with zero attached hydrogens (tertiary/aromatic N) is 13. The number of aliphatic carboxylic acids is 2. The highest BCUT2D eigenvalue weighted by Crippen LogP contribution is 2.51. The van der Waals surface area contributed by atoms with E-state index in [1.165, 1.54) is 65.7 Å². The van der Waals surface area contributed by atoms with E-state index in [0.29, 0.717) is 135 Å². The van der Waals surface area contributed by atoms with Crippen LogP contribution in [0.2, 0.25) is 0 Å².